The smallest absolute Gasteiger partial charge is 0.111 e. The third-order valence-corrected chi connectivity index (χ3v) is 4.98. The molecule has 0 fully saturated rings. The first-order chi connectivity index (χ1) is 10.3. The summed E-state index contributed by atoms with van der Waals surface area (Å²) in [6.45, 7) is 2.19. The molecule has 1 heterocycles. The van der Waals surface area contributed by atoms with Gasteiger partial charge in [-0.15, -0.1) is 11.3 Å². The van der Waals surface area contributed by atoms with Gasteiger partial charge in [0.2, 0.25) is 0 Å². The van der Waals surface area contributed by atoms with E-state index >= 15 is 0 Å². The Balaban J connectivity index is 1.83. The van der Waals surface area contributed by atoms with Gasteiger partial charge in [0.1, 0.15) is 5.01 Å². The fourth-order valence-corrected chi connectivity index (χ4v) is 3.58. The van der Waals surface area contributed by atoms with Crippen LogP contribution < -0.4 is 5.32 Å². The van der Waals surface area contributed by atoms with Crippen molar-refractivity contribution in [3.63, 3.8) is 0 Å². The van der Waals surface area contributed by atoms with Crippen LogP contribution in [0.15, 0.2) is 48.5 Å². The predicted molar refractivity (Wildman–Crippen MR) is 90.9 cm³/mol. The van der Waals surface area contributed by atoms with Gasteiger partial charge in [-0.1, -0.05) is 43.3 Å². The lowest BCUT2D eigenvalue weighted by Gasteiger charge is -2.13. The van der Waals surface area contributed by atoms with Crippen molar-refractivity contribution in [2.75, 3.05) is 7.05 Å². The van der Waals surface area contributed by atoms with Crippen molar-refractivity contribution in [1.29, 1.82) is 0 Å². The molecule has 108 valence electrons. The average molecular weight is 296 g/mol. The van der Waals surface area contributed by atoms with Crippen molar-refractivity contribution in [2.24, 2.45) is 0 Å². The van der Waals surface area contributed by atoms with Crippen LogP contribution >= 0.6 is 11.3 Å². The number of para-hydroxylation sites is 1. The fraction of sp³-hybridized carbons (Fsp3) is 0.278. The molecule has 1 atom stereocenters. The molecule has 21 heavy (non-hydrogen) atoms. The highest BCUT2D eigenvalue weighted by molar-refractivity contribution is 7.18. The fourth-order valence-electron chi connectivity index (χ4n) is 2.50. The van der Waals surface area contributed by atoms with Crippen molar-refractivity contribution in [3.8, 4) is 0 Å². The Morgan fingerprint density at radius 3 is 2.43 bits per heavy atom. The normalized spacial score (nSPS) is 12.7. The number of hydrogen-bond donors (Lipinski definition) is 1. The minimum Gasteiger partial charge on any atom is -0.311 e. The number of aryl methyl sites for hydroxylation is 1. The number of nitrogens with zero attached hydrogens (tertiary/aromatic N) is 1. The van der Waals surface area contributed by atoms with Crippen molar-refractivity contribution in [2.45, 2.75) is 25.8 Å². The molecule has 3 rings (SSSR count). The van der Waals surface area contributed by atoms with Gasteiger partial charge in [0.25, 0.3) is 0 Å². The number of nitrogens with one attached hydrogen (secondary N) is 1. The molecule has 0 amide bonds. The molecule has 0 saturated heterocycles. The van der Waals surface area contributed by atoms with Crippen molar-refractivity contribution in [3.05, 3.63) is 64.7 Å². The van der Waals surface area contributed by atoms with E-state index in [0.717, 1.165) is 18.4 Å². The van der Waals surface area contributed by atoms with E-state index in [-0.39, 0.29) is 6.04 Å². The van der Waals surface area contributed by atoms with Gasteiger partial charge in [0.15, 0.2) is 0 Å². The lowest BCUT2D eigenvalue weighted by Crippen LogP contribution is -2.18. The lowest BCUT2D eigenvalue weighted by molar-refractivity contribution is 0.589. The molecule has 0 aliphatic rings. The summed E-state index contributed by atoms with van der Waals surface area (Å²) in [4.78, 5) is 4.77. The average Bonchev–Trinajstić information content (AvgIpc) is 2.97. The molecule has 0 saturated carbocycles. The van der Waals surface area contributed by atoms with Gasteiger partial charge in [-0.25, -0.2) is 4.98 Å². The highest BCUT2D eigenvalue weighted by Crippen LogP contribution is 2.28. The van der Waals surface area contributed by atoms with Crippen LogP contribution in [-0.2, 0) is 12.8 Å². The highest BCUT2D eigenvalue weighted by atomic mass is 32.1. The molecule has 1 N–H and O–H groups in total. The summed E-state index contributed by atoms with van der Waals surface area (Å²) >= 11 is 1.78. The summed E-state index contributed by atoms with van der Waals surface area (Å²) in [5, 5.41) is 4.57. The first-order valence-electron chi connectivity index (χ1n) is 7.40. The number of fused-ring (bicyclic) bond motifs is 1. The summed E-state index contributed by atoms with van der Waals surface area (Å²) in [6, 6.07) is 17.5. The van der Waals surface area contributed by atoms with E-state index in [1.165, 1.54) is 20.8 Å². The third kappa shape index (κ3) is 3.14. The minimum atomic E-state index is 0.273. The Morgan fingerprint density at radius 2 is 1.76 bits per heavy atom. The lowest BCUT2D eigenvalue weighted by atomic mass is 10.0. The van der Waals surface area contributed by atoms with E-state index in [1.54, 1.807) is 11.3 Å². The van der Waals surface area contributed by atoms with Gasteiger partial charge in [-0.05, 0) is 43.1 Å². The zero-order valence-electron chi connectivity index (χ0n) is 12.5. The number of thiazole rings is 1. The quantitative estimate of drug-likeness (QED) is 0.756. The van der Waals surface area contributed by atoms with Crippen molar-refractivity contribution in [1.82, 2.24) is 10.3 Å². The summed E-state index contributed by atoms with van der Waals surface area (Å²) in [5.41, 5.74) is 3.84. The molecule has 2 nitrogen and oxygen atoms in total. The highest BCUT2D eigenvalue weighted by Gasteiger charge is 2.15. The van der Waals surface area contributed by atoms with Crippen LogP contribution in [0.1, 0.15) is 29.1 Å². The van der Waals surface area contributed by atoms with E-state index in [2.05, 4.69) is 54.7 Å². The monoisotopic (exact) mass is 296 g/mol. The molecule has 0 bridgehead atoms. The maximum absolute atomic E-state index is 4.77. The van der Waals surface area contributed by atoms with Crippen molar-refractivity contribution >= 4 is 21.6 Å². The first-order valence-corrected chi connectivity index (χ1v) is 8.22. The SMILES string of the molecule is CCc1ccc(CC(NC)c2nc3ccccc3s2)cc1. The predicted octanol–water partition coefficient (Wildman–Crippen LogP) is 4.36. The number of aromatic nitrogens is 1. The van der Waals surface area contributed by atoms with E-state index in [1.807, 2.05) is 13.1 Å². The first kappa shape index (κ1) is 14.2. The molecule has 3 heteroatoms. The molecular weight excluding hydrogens is 276 g/mol. The van der Waals surface area contributed by atoms with Crippen LogP contribution in [0.2, 0.25) is 0 Å². The standard InChI is InChI=1S/C18H20N2S/c1-3-13-8-10-14(11-9-13)12-16(19-2)18-20-15-6-4-5-7-17(15)21-18/h4-11,16,19H,3,12H2,1-2H3. The molecule has 2 aromatic carbocycles. The van der Waals surface area contributed by atoms with Gasteiger partial charge in [0, 0.05) is 0 Å². The van der Waals surface area contributed by atoms with Crippen LogP contribution in [0.5, 0.6) is 0 Å². The second kappa shape index (κ2) is 6.37. The Labute approximate surface area is 129 Å². The Hall–Kier alpha value is -1.71. The molecule has 0 aliphatic heterocycles. The zero-order valence-corrected chi connectivity index (χ0v) is 13.3. The molecule has 0 radical (unpaired) electrons. The molecule has 1 unspecified atom stereocenters. The summed E-state index contributed by atoms with van der Waals surface area (Å²) in [5.74, 6) is 0. The van der Waals surface area contributed by atoms with Gasteiger partial charge in [0.05, 0.1) is 16.3 Å². The largest absolute Gasteiger partial charge is 0.311 e. The Kier molecular flexibility index (Phi) is 4.32. The number of hydrogen-bond acceptors (Lipinski definition) is 3. The number of rotatable bonds is 5. The van der Waals surface area contributed by atoms with E-state index in [4.69, 9.17) is 4.98 Å². The van der Waals surface area contributed by atoms with Crippen molar-refractivity contribution < 1.29 is 0 Å². The van der Waals surface area contributed by atoms with Crippen LogP contribution in [0.3, 0.4) is 0 Å². The van der Waals surface area contributed by atoms with Gasteiger partial charge in [-0.2, -0.15) is 0 Å². The molecular formula is C18H20N2S. The Morgan fingerprint density at radius 1 is 1.05 bits per heavy atom. The van der Waals surface area contributed by atoms with E-state index in [9.17, 15) is 0 Å². The number of likely N-dealkylation sites (N-methyl/N-ethyl adjacent to an activating group) is 1. The third-order valence-electron chi connectivity index (χ3n) is 3.83. The van der Waals surface area contributed by atoms with Crippen LogP contribution in [0.4, 0.5) is 0 Å². The van der Waals surface area contributed by atoms with Crippen LogP contribution in [0.25, 0.3) is 10.2 Å². The van der Waals surface area contributed by atoms with E-state index < -0.39 is 0 Å². The maximum Gasteiger partial charge on any atom is 0.111 e. The molecule has 0 spiro atoms. The van der Waals surface area contributed by atoms with Crippen LogP contribution in [0, 0.1) is 0 Å². The summed E-state index contributed by atoms with van der Waals surface area (Å²) in [6.07, 6.45) is 2.06. The van der Waals surface area contributed by atoms with Gasteiger partial charge < -0.3 is 5.32 Å². The number of benzene rings is 2. The molecule has 1 aromatic heterocycles. The summed E-state index contributed by atoms with van der Waals surface area (Å²) in [7, 11) is 2.01. The maximum atomic E-state index is 4.77. The topological polar surface area (TPSA) is 24.9 Å². The second-order valence-electron chi connectivity index (χ2n) is 5.24. The van der Waals surface area contributed by atoms with Gasteiger partial charge in [-0.3, -0.25) is 0 Å². The van der Waals surface area contributed by atoms with E-state index in [0.29, 0.717) is 0 Å². The van der Waals surface area contributed by atoms with Gasteiger partial charge >= 0.3 is 0 Å². The molecule has 3 aromatic rings. The minimum absolute atomic E-state index is 0.273. The second-order valence-corrected chi connectivity index (χ2v) is 6.30. The van der Waals surface area contributed by atoms with Crippen LogP contribution in [-0.4, -0.2) is 12.0 Å². The Bertz CT molecular complexity index is 682. The summed E-state index contributed by atoms with van der Waals surface area (Å²) < 4.78 is 1.26. The zero-order chi connectivity index (χ0) is 14.7. The molecule has 0 aliphatic carbocycles.